The molecule has 0 heterocycles. The summed E-state index contributed by atoms with van der Waals surface area (Å²) in [4.78, 5) is 22.3. The molecule has 21 heavy (non-hydrogen) atoms. The lowest BCUT2D eigenvalue weighted by Crippen LogP contribution is -1.95. The monoisotopic (exact) mass is 281 g/mol. The normalized spacial score (nSPS) is 10.8. The van der Waals surface area contributed by atoms with Gasteiger partial charge in [0.05, 0.1) is 4.92 Å². The first kappa shape index (κ1) is 14.7. The standard InChI is InChI=1S/C17H15NO3/c1-12-6-8-15(10-13(12)2)17(19)9-7-14-4-3-5-16(11-14)18(20)21/h3-11H,1-2H3. The van der Waals surface area contributed by atoms with E-state index >= 15 is 0 Å². The molecule has 0 unspecified atom stereocenters. The summed E-state index contributed by atoms with van der Waals surface area (Å²) in [6, 6.07) is 11.7. The lowest BCUT2D eigenvalue weighted by molar-refractivity contribution is -0.384. The van der Waals surface area contributed by atoms with Gasteiger partial charge in [0.15, 0.2) is 5.78 Å². The van der Waals surface area contributed by atoms with E-state index in [0.29, 0.717) is 11.1 Å². The quantitative estimate of drug-likeness (QED) is 0.367. The summed E-state index contributed by atoms with van der Waals surface area (Å²) in [5, 5.41) is 10.7. The lowest BCUT2D eigenvalue weighted by atomic mass is 10.0. The zero-order valence-corrected chi connectivity index (χ0v) is 11.9. The van der Waals surface area contributed by atoms with Crippen molar-refractivity contribution in [3.05, 3.63) is 80.9 Å². The van der Waals surface area contributed by atoms with Crippen LogP contribution in [0.25, 0.3) is 6.08 Å². The van der Waals surface area contributed by atoms with Crippen LogP contribution in [0.15, 0.2) is 48.5 Å². The molecule has 0 fully saturated rings. The van der Waals surface area contributed by atoms with Gasteiger partial charge in [-0.15, -0.1) is 0 Å². The predicted octanol–water partition coefficient (Wildman–Crippen LogP) is 4.11. The molecule has 2 aromatic carbocycles. The highest BCUT2D eigenvalue weighted by Crippen LogP contribution is 2.15. The third-order valence-electron chi connectivity index (χ3n) is 3.30. The Bertz CT molecular complexity index is 733. The van der Waals surface area contributed by atoms with Crippen LogP contribution in [0.3, 0.4) is 0 Å². The van der Waals surface area contributed by atoms with E-state index in [4.69, 9.17) is 0 Å². The number of allylic oxidation sites excluding steroid dienone is 1. The largest absolute Gasteiger partial charge is 0.289 e. The molecule has 0 aliphatic heterocycles. The van der Waals surface area contributed by atoms with E-state index in [1.54, 1.807) is 24.3 Å². The second-order valence-electron chi connectivity index (χ2n) is 4.85. The summed E-state index contributed by atoms with van der Waals surface area (Å²) in [5.74, 6) is -0.121. The van der Waals surface area contributed by atoms with E-state index in [1.807, 2.05) is 26.0 Å². The van der Waals surface area contributed by atoms with Gasteiger partial charge < -0.3 is 0 Å². The van der Waals surface area contributed by atoms with Crippen molar-refractivity contribution in [3.8, 4) is 0 Å². The van der Waals surface area contributed by atoms with Gasteiger partial charge in [-0.2, -0.15) is 0 Å². The first-order valence-electron chi connectivity index (χ1n) is 6.51. The number of aryl methyl sites for hydroxylation is 2. The van der Waals surface area contributed by atoms with Crippen molar-refractivity contribution in [1.29, 1.82) is 0 Å². The van der Waals surface area contributed by atoms with Gasteiger partial charge in [0, 0.05) is 17.7 Å². The van der Waals surface area contributed by atoms with E-state index in [9.17, 15) is 14.9 Å². The molecule has 0 aliphatic carbocycles. The molecule has 0 amide bonds. The minimum atomic E-state index is -0.456. The van der Waals surface area contributed by atoms with Gasteiger partial charge >= 0.3 is 0 Å². The van der Waals surface area contributed by atoms with Crippen molar-refractivity contribution >= 4 is 17.5 Å². The second-order valence-corrected chi connectivity index (χ2v) is 4.85. The van der Waals surface area contributed by atoms with Gasteiger partial charge in [0.25, 0.3) is 5.69 Å². The van der Waals surface area contributed by atoms with Gasteiger partial charge in [0.1, 0.15) is 0 Å². The third kappa shape index (κ3) is 3.63. The van der Waals surface area contributed by atoms with Crippen molar-refractivity contribution in [2.75, 3.05) is 0 Å². The lowest BCUT2D eigenvalue weighted by Gasteiger charge is -2.01. The van der Waals surface area contributed by atoms with E-state index in [1.165, 1.54) is 18.2 Å². The fourth-order valence-corrected chi connectivity index (χ4v) is 1.90. The molecule has 0 N–H and O–H groups in total. The molecule has 0 saturated heterocycles. The molecular formula is C17H15NO3. The summed E-state index contributed by atoms with van der Waals surface area (Å²) in [5.41, 5.74) is 3.44. The molecule has 0 aliphatic rings. The predicted molar refractivity (Wildman–Crippen MR) is 82.4 cm³/mol. The number of hydrogen-bond donors (Lipinski definition) is 0. The Balaban J connectivity index is 2.20. The van der Waals surface area contributed by atoms with Crippen LogP contribution in [0.4, 0.5) is 5.69 Å². The van der Waals surface area contributed by atoms with Gasteiger partial charge in [0.2, 0.25) is 0 Å². The van der Waals surface area contributed by atoms with Crippen LogP contribution in [0.2, 0.25) is 0 Å². The smallest absolute Gasteiger partial charge is 0.270 e. The fraction of sp³-hybridized carbons (Fsp3) is 0.118. The zero-order chi connectivity index (χ0) is 15.4. The molecule has 0 spiro atoms. The van der Waals surface area contributed by atoms with E-state index in [-0.39, 0.29) is 11.5 Å². The number of ketones is 1. The summed E-state index contributed by atoms with van der Waals surface area (Å²) >= 11 is 0. The number of carbonyl (C=O) groups excluding carboxylic acids is 1. The Morgan fingerprint density at radius 2 is 1.86 bits per heavy atom. The molecular weight excluding hydrogens is 266 g/mol. The Labute approximate surface area is 122 Å². The van der Waals surface area contributed by atoms with Crippen LogP contribution in [0.5, 0.6) is 0 Å². The molecule has 0 atom stereocenters. The first-order valence-corrected chi connectivity index (χ1v) is 6.51. The number of carbonyl (C=O) groups is 1. The SMILES string of the molecule is Cc1ccc(C(=O)C=Cc2cccc([N+](=O)[O-])c2)cc1C. The van der Waals surface area contributed by atoms with E-state index in [2.05, 4.69) is 0 Å². The Kier molecular flexibility index (Phi) is 4.28. The van der Waals surface area contributed by atoms with Crippen molar-refractivity contribution in [2.45, 2.75) is 13.8 Å². The summed E-state index contributed by atoms with van der Waals surface area (Å²) < 4.78 is 0. The van der Waals surface area contributed by atoms with Crippen molar-refractivity contribution in [3.63, 3.8) is 0 Å². The average molecular weight is 281 g/mol. The van der Waals surface area contributed by atoms with Gasteiger partial charge in [-0.3, -0.25) is 14.9 Å². The number of hydrogen-bond acceptors (Lipinski definition) is 3. The maximum absolute atomic E-state index is 12.1. The van der Waals surface area contributed by atoms with E-state index in [0.717, 1.165) is 11.1 Å². The summed E-state index contributed by atoms with van der Waals surface area (Å²) in [6.45, 7) is 3.94. The molecule has 0 bridgehead atoms. The van der Waals surface area contributed by atoms with Crippen LogP contribution in [-0.4, -0.2) is 10.7 Å². The maximum atomic E-state index is 12.1. The van der Waals surface area contributed by atoms with Crippen LogP contribution < -0.4 is 0 Å². The molecule has 4 nitrogen and oxygen atoms in total. The van der Waals surface area contributed by atoms with Gasteiger partial charge in [-0.25, -0.2) is 0 Å². The first-order chi connectivity index (χ1) is 9.97. The topological polar surface area (TPSA) is 60.2 Å². The molecule has 2 aromatic rings. The fourth-order valence-electron chi connectivity index (χ4n) is 1.90. The molecule has 0 radical (unpaired) electrons. The maximum Gasteiger partial charge on any atom is 0.270 e. The van der Waals surface area contributed by atoms with Crippen LogP contribution in [0.1, 0.15) is 27.0 Å². The van der Waals surface area contributed by atoms with Crippen LogP contribution >= 0.6 is 0 Å². The molecule has 0 saturated carbocycles. The number of nitro groups is 1. The number of non-ortho nitro benzene ring substituents is 1. The highest BCUT2D eigenvalue weighted by molar-refractivity contribution is 6.07. The molecule has 0 aromatic heterocycles. The van der Waals surface area contributed by atoms with Crippen LogP contribution in [-0.2, 0) is 0 Å². The Morgan fingerprint density at radius 1 is 1.10 bits per heavy atom. The summed E-state index contributed by atoms with van der Waals surface area (Å²) in [7, 11) is 0. The average Bonchev–Trinajstić information content (AvgIpc) is 2.48. The van der Waals surface area contributed by atoms with Crippen molar-refractivity contribution in [1.82, 2.24) is 0 Å². The van der Waals surface area contributed by atoms with Crippen LogP contribution in [0, 0.1) is 24.0 Å². The van der Waals surface area contributed by atoms with Crippen molar-refractivity contribution < 1.29 is 9.72 Å². The number of nitrogens with zero attached hydrogens (tertiary/aromatic N) is 1. The zero-order valence-electron chi connectivity index (χ0n) is 11.9. The number of benzene rings is 2. The Hall–Kier alpha value is -2.75. The van der Waals surface area contributed by atoms with Crippen molar-refractivity contribution in [2.24, 2.45) is 0 Å². The third-order valence-corrected chi connectivity index (χ3v) is 3.30. The minimum absolute atomic E-state index is 0.00998. The van der Waals surface area contributed by atoms with E-state index < -0.39 is 4.92 Å². The molecule has 2 rings (SSSR count). The highest BCUT2D eigenvalue weighted by Gasteiger charge is 2.05. The second kappa shape index (κ2) is 6.13. The number of rotatable bonds is 4. The number of nitro benzene ring substituents is 1. The highest BCUT2D eigenvalue weighted by atomic mass is 16.6. The molecule has 106 valence electrons. The minimum Gasteiger partial charge on any atom is -0.289 e. The Morgan fingerprint density at radius 3 is 2.52 bits per heavy atom. The molecule has 4 heteroatoms. The van der Waals surface area contributed by atoms with Gasteiger partial charge in [-0.05, 0) is 42.7 Å². The van der Waals surface area contributed by atoms with Gasteiger partial charge in [-0.1, -0.05) is 30.3 Å². The summed E-state index contributed by atoms with van der Waals surface area (Å²) in [6.07, 6.45) is 3.02.